The molecule has 2 aromatic carbocycles. The Balaban J connectivity index is 2.29. The second kappa shape index (κ2) is 4.22. The lowest BCUT2D eigenvalue weighted by atomic mass is 9.79. The van der Waals surface area contributed by atoms with Crippen LogP contribution in [0.3, 0.4) is 0 Å². The van der Waals surface area contributed by atoms with Gasteiger partial charge in [0.05, 0.1) is 12.0 Å². The van der Waals surface area contributed by atoms with Gasteiger partial charge in [-0.1, -0.05) is 28.1 Å². The van der Waals surface area contributed by atoms with E-state index in [0.717, 1.165) is 26.7 Å². The van der Waals surface area contributed by atoms with Crippen molar-refractivity contribution in [1.82, 2.24) is 0 Å². The van der Waals surface area contributed by atoms with E-state index < -0.39 is 0 Å². The van der Waals surface area contributed by atoms with Crippen LogP contribution < -0.4 is 0 Å². The van der Waals surface area contributed by atoms with Crippen LogP contribution in [0.4, 0.5) is 4.39 Å². The molecule has 0 aliphatic heterocycles. The molecule has 0 radical (unpaired) electrons. The zero-order chi connectivity index (χ0) is 12.7. The third-order valence-corrected chi connectivity index (χ3v) is 3.82. The highest BCUT2D eigenvalue weighted by molar-refractivity contribution is 9.10. The maximum Gasteiger partial charge on any atom is 0.123 e. The summed E-state index contributed by atoms with van der Waals surface area (Å²) in [5.41, 5.74) is 3.89. The van der Waals surface area contributed by atoms with Gasteiger partial charge in [0.15, 0.2) is 0 Å². The van der Waals surface area contributed by atoms with E-state index >= 15 is 0 Å². The zero-order valence-electron chi connectivity index (χ0n) is 9.45. The van der Waals surface area contributed by atoms with Crippen LogP contribution in [-0.4, -0.2) is 0 Å². The first-order valence-corrected chi connectivity index (χ1v) is 6.46. The minimum atomic E-state index is -0.263. The van der Waals surface area contributed by atoms with E-state index in [1.54, 1.807) is 6.07 Å². The first-order chi connectivity index (χ1) is 8.69. The lowest BCUT2D eigenvalue weighted by molar-refractivity contribution is 0.626. The number of nitrogens with zero attached hydrogens (tertiary/aromatic N) is 1. The molecule has 1 nitrogen and oxygen atoms in total. The second-order valence-electron chi connectivity index (χ2n) is 4.42. The smallest absolute Gasteiger partial charge is 0.123 e. The van der Waals surface area contributed by atoms with E-state index in [0.29, 0.717) is 6.42 Å². The van der Waals surface area contributed by atoms with Crippen molar-refractivity contribution in [2.24, 2.45) is 0 Å². The number of nitriles is 1. The first-order valence-electron chi connectivity index (χ1n) is 5.67. The number of fused-ring (bicyclic) bond motifs is 3. The molecule has 0 fully saturated rings. The highest BCUT2D eigenvalue weighted by Crippen LogP contribution is 2.40. The molecule has 0 aromatic heterocycles. The number of rotatable bonds is 0. The van der Waals surface area contributed by atoms with Crippen molar-refractivity contribution < 1.29 is 4.39 Å². The van der Waals surface area contributed by atoms with E-state index in [1.807, 2.05) is 18.2 Å². The van der Waals surface area contributed by atoms with Gasteiger partial charge in [-0.25, -0.2) is 4.39 Å². The van der Waals surface area contributed by atoms with Crippen molar-refractivity contribution >= 4 is 15.9 Å². The topological polar surface area (TPSA) is 23.8 Å². The average molecular weight is 302 g/mol. The summed E-state index contributed by atoms with van der Waals surface area (Å²) >= 11 is 3.43. The molecule has 0 heterocycles. The van der Waals surface area contributed by atoms with Gasteiger partial charge in [-0.2, -0.15) is 5.26 Å². The van der Waals surface area contributed by atoms with Gasteiger partial charge in [0.1, 0.15) is 5.82 Å². The molecule has 1 atom stereocenters. The monoisotopic (exact) mass is 301 g/mol. The molecule has 1 aliphatic carbocycles. The predicted octanol–water partition coefficient (Wildman–Crippen LogP) is 4.42. The van der Waals surface area contributed by atoms with Crippen molar-refractivity contribution in [2.45, 2.75) is 12.3 Å². The summed E-state index contributed by atoms with van der Waals surface area (Å²) in [5.74, 6) is -0.455. The minimum absolute atomic E-state index is 0.192. The van der Waals surface area contributed by atoms with Gasteiger partial charge in [0, 0.05) is 4.47 Å². The molecule has 1 aliphatic rings. The molecular formula is C15H9BrFN. The number of hydrogen-bond donors (Lipinski definition) is 0. The fraction of sp³-hybridized carbons (Fsp3) is 0.133. The van der Waals surface area contributed by atoms with E-state index in [-0.39, 0.29) is 11.7 Å². The number of halogens is 2. The van der Waals surface area contributed by atoms with Gasteiger partial charge in [0.2, 0.25) is 0 Å². The highest BCUT2D eigenvalue weighted by atomic mass is 79.9. The Morgan fingerprint density at radius 1 is 1.17 bits per heavy atom. The fourth-order valence-corrected chi connectivity index (χ4v) is 2.91. The molecular weight excluding hydrogens is 293 g/mol. The summed E-state index contributed by atoms with van der Waals surface area (Å²) in [4.78, 5) is 0. The summed E-state index contributed by atoms with van der Waals surface area (Å²) in [6, 6.07) is 12.9. The molecule has 0 bridgehead atoms. The zero-order valence-corrected chi connectivity index (χ0v) is 11.0. The summed E-state index contributed by atoms with van der Waals surface area (Å²) in [5, 5.41) is 9.25. The molecule has 0 spiro atoms. The Morgan fingerprint density at radius 3 is 2.78 bits per heavy atom. The van der Waals surface area contributed by atoms with Gasteiger partial charge in [-0.3, -0.25) is 0 Å². The second-order valence-corrected chi connectivity index (χ2v) is 5.33. The normalized spacial score (nSPS) is 16.6. The molecule has 3 rings (SSSR count). The average Bonchev–Trinajstić information content (AvgIpc) is 2.37. The van der Waals surface area contributed by atoms with Gasteiger partial charge >= 0.3 is 0 Å². The Kier molecular flexibility index (Phi) is 2.68. The summed E-state index contributed by atoms with van der Waals surface area (Å²) in [7, 11) is 0. The third kappa shape index (κ3) is 1.74. The summed E-state index contributed by atoms with van der Waals surface area (Å²) in [6.07, 6.45) is 0.684. The molecule has 0 amide bonds. The van der Waals surface area contributed by atoms with Crippen LogP contribution in [0.25, 0.3) is 11.1 Å². The van der Waals surface area contributed by atoms with Gasteiger partial charge in [-0.15, -0.1) is 0 Å². The molecule has 0 saturated heterocycles. The van der Waals surface area contributed by atoms with Gasteiger partial charge in [-0.05, 0) is 52.9 Å². The standard InChI is InChI=1S/C15H9BrFN/c16-11-1-3-13-9(6-11)5-10(8-18)14-4-2-12(17)7-15(13)14/h1-4,6-7,10H,5H2/t10-/m1/s1. The molecule has 18 heavy (non-hydrogen) atoms. The lowest BCUT2D eigenvalue weighted by Gasteiger charge is -2.23. The Bertz CT molecular complexity index is 673. The maximum atomic E-state index is 13.4. The van der Waals surface area contributed by atoms with E-state index in [2.05, 4.69) is 22.0 Å². The highest BCUT2D eigenvalue weighted by Gasteiger charge is 2.24. The van der Waals surface area contributed by atoms with Crippen LogP contribution in [0, 0.1) is 17.1 Å². The van der Waals surface area contributed by atoms with E-state index in [1.165, 1.54) is 12.1 Å². The quantitative estimate of drug-likeness (QED) is 0.707. The van der Waals surface area contributed by atoms with Crippen molar-refractivity contribution in [2.75, 3.05) is 0 Å². The van der Waals surface area contributed by atoms with Crippen LogP contribution >= 0.6 is 15.9 Å². The SMILES string of the molecule is N#C[C@H]1Cc2cc(Br)ccc2-c2cc(F)ccc21. The predicted molar refractivity (Wildman–Crippen MR) is 71.6 cm³/mol. The lowest BCUT2D eigenvalue weighted by Crippen LogP contribution is -2.10. The first kappa shape index (κ1) is 11.4. The maximum absolute atomic E-state index is 13.4. The Hall–Kier alpha value is -1.66. The van der Waals surface area contributed by atoms with E-state index in [4.69, 9.17) is 0 Å². The molecule has 2 aromatic rings. The van der Waals surface area contributed by atoms with Crippen molar-refractivity contribution in [3.8, 4) is 17.2 Å². The van der Waals surface area contributed by atoms with Crippen LogP contribution in [0.5, 0.6) is 0 Å². The Morgan fingerprint density at radius 2 is 2.00 bits per heavy atom. The van der Waals surface area contributed by atoms with Crippen molar-refractivity contribution in [1.29, 1.82) is 5.26 Å². The molecule has 88 valence electrons. The van der Waals surface area contributed by atoms with Crippen molar-refractivity contribution in [3.05, 3.63) is 57.8 Å². The molecule has 3 heteroatoms. The summed E-state index contributed by atoms with van der Waals surface area (Å²) in [6.45, 7) is 0. The van der Waals surface area contributed by atoms with Crippen LogP contribution in [0.1, 0.15) is 17.0 Å². The molecule has 0 N–H and O–H groups in total. The molecule has 0 unspecified atom stereocenters. The molecule has 0 saturated carbocycles. The number of hydrogen-bond acceptors (Lipinski definition) is 1. The van der Waals surface area contributed by atoms with Crippen LogP contribution in [0.2, 0.25) is 0 Å². The van der Waals surface area contributed by atoms with Gasteiger partial charge in [0.25, 0.3) is 0 Å². The largest absolute Gasteiger partial charge is 0.207 e. The van der Waals surface area contributed by atoms with Crippen LogP contribution in [-0.2, 0) is 6.42 Å². The van der Waals surface area contributed by atoms with Crippen molar-refractivity contribution in [3.63, 3.8) is 0 Å². The third-order valence-electron chi connectivity index (χ3n) is 3.33. The Labute approximate surface area is 113 Å². The fourth-order valence-electron chi connectivity index (χ4n) is 2.50. The minimum Gasteiger partial charge on any atom is -0.207 e. The van der Waals surface area contributed by atoms with Crippen LogP contribution in [0.15, 0.2) is 40.9 Å². The number of benzene rings is 2. The van der Waals surface area contributed by atoms with E-state index in [9.17, 15) is 9.65 Å². The summed E-state index contributed by atoms with van der Waals surface area (Å²) < 4.78 is 14.4. The van der Waals surface area contributed by atoms with Gasteiger partial charge < -0.3 is 0 Å².